The lowest BCUT2D eigenvalue weighted by atomic mass is 10.1. The third-order valence-electron chi connectivity index (χ3n) is 2.71. The van der Waals surface area contributed by atoms with Crippen molar-refractivity contribution in [3.63, 3.8) is 0 Å². The molecule has 2 rings (SSSR count). The Balaban J connectivity index is 2.49. The average molecular weight is 231 g/mol. The second kappa shape index (κ2) is 4.51. The first kappa shape index (κ1) is 11.5. The molecule has 0 N–H and O–H groups in total. The highest BCUT2D eigenvalue weighted by Gasteiger charge is 2.29. The van der Waals surface area contributed by atoms with E-state index in [2.05, 4.69) is 0 Å². The van der Waals surface area contributed by atoms with Gasteiger partial charge in [-0.2, -0.15) is 0 Å². The summed E-state index contributed by atoms with van der Waals surface area (Å²) >= 11 is 0. The number of nitroso groups, excluding NO2 is 1. The van der Waals surface area contributed by atoms with Crippen LogP contribution in [0.3, 0.4) is 0 Å². The highest BCUT2D eigenvalue weighted by atomic mass is 16.7. The molecule has 0 spiro atoms. The van der Waals surface area contributed by atoms with Gasteiger partial charge in [0.25, 0.3) is 5.70 Å². The molecule has 0 atom stereocenters. The van der Waals surface area contributed by atoms with E-state index in [9.17, 15) is 4.91 Å². The molecule has 0 saturated carbocycles. The van der Waals surface area contributed by atoms with Gasteiger partial charge in [0, 0.05) is 29.7 Å². The lowest BCUT2D eigenvalue weighted by molar-refractivity contribution is -0.443. The van der Waals surface area contributed by atoms with Crippen molar-refractivity contribution < 1.29 is 9.60 Å². The van der Waals surface area contributed by atoms with Gasteiger partial charge < -0.3 is 0 Å². The van der Waals surface area contributed by atoms with E-state index in [1.165, 1.54) is 0 Å². The Morgan fingerprint density at radius 1 is 1.18 bits per heavy atom. The summed E-state index contributed by atoms with van der Waals surface area (Å²) in [5.41, 5.74) is 2.92. The van der Waals surface area contributed by atoms with E-state index in [1.54, 1.807) is 31.2 Å². The molecule has 88 valence electrons. The van der Waals surface area contributed by atoms with Crippen molar-refractivity contribution in [2.24, 2.45) is 0 Å². The summed E-state index contributed by atoms with van der Waals surface area (Å²) in [7, 11) is 1.58. The fourth-order valence-electron chi connectivity index (χ4n) is 1.83. The number of hydrogen-bond donors (Lipinski definition) is 0. The first-order chi connectivity index (χ1) is 8.15. The maximum atomic E-state index is 12.0. The van der Waals surface area contributed by atoms with Gasteiger partial charge in [-0.05, 0) is 25.2 Å². The molecule has 4 heteroatoms. The summed E-state index contributed by atoms with van der Waals surface area (Å²) in [6, 6.07) is 0. The van der Waals surface area contributed by atoms with E-state index in [0.717, 1.165) is 16.2 Å². The first-order valence-electron chi connectivity index (χ1n) is 5.41. The fraction of sp³-hybridized carbons (Fsp3) is 0.231. The highest BCUT2D eigenvalue weighted by Crippen LogP contribution is 2.25. The largest absolute Gasteiger partial charge is 0.288 e. The van der Waals surface area contributed by atoms with Crippen molar-refractivity contribution >= 4 is 0 Å². The summed E-state index contributed by atoms with van der Waals surface area (Å²) in [5.74, 6) is 0. The van der Waals surface area contributed by atoms with Crippen molar-refractivity contribution in [2.45, 2.75) is 13.8 Å². The summed E-state index contributed by atoms with van der Waals surface area (Å²) in [6.45, 7) is 3.71. The molecule has 0 aliphatic carbocycles. The van der Waals surface area contributed by atoms with Crippen LogP contribution in [0.1, 0.15) is 13.8 Å². The zero-order valence-electron chi connectivity index (χ0n) is 10.2. The molecule has 0 aromatic heterocycles. The zero-order valence-corrected chi connectivity index (χ0v) is 10.2. The number of nitrogens with zero attached hydrogens (tertiary/aromatic N) is 2. The Morgan fingerprint density at radius 2 is 1.88 bits per heavy atom. The third-order valence-corrected chi connectivity index (χ3v) is 2.71. The third kappa shape index (κ3) is 1.99. The molecule has 0 unspecified atom stereocenters. The predicted octanol–water partition coefficient (Wildman–Crippen LogP) is 2.79. The Hall–Kier alpha value is -1.94. The average Bonchev–Trinajstić information content (AvgIpc) is 2.32. The second-order valence-corrected chi connectivity index (χ2v) is 3.88. The normalized spacial score (nSPS) is 23.9. The monoisotopic (exact) mass is 231 g/mol. The van der Waals surface area contributed by atoms with E-state index in [4.69, 9.17) is 4.84 Å². The molecule has 0 saturated heterocycles. The zero-order chi connectivity index (χ0) is 12.4. The molecule has 0 aromatic rings. The molecular weight excluding hydrogens is 216 g/mol. The molecule has 17 heavy (non-hydrogen) atoms. The van der Waals surface area contributed by atoms with Crippen LogP contribution in [-0.2, 0) is 4.84 Å². The Kier molecular flexibility index (Phi) is 3.06. The van der Waals surface area contributed by atoms with Crippen LogP contribution in [0, 0.1) is 4.91 Å². The lowest BCUT2D eigenvalue weighted by Crippen LogP contribution is -2.24. The van der Waals surface area contributed by atoms with Crippen molar-refractivity contribution in [2.75, 3.05) is 7.11 Å². The minimum Gasteiger partial charge on any atom is -0.272 e. The molecule has 2 aliphatic heterocycles. The van der Waals surface area contributed by atoms with Gasteiger partial charge in [0.15, 0.2) is 0 Å². The molecule has 0 radical (unpaired) electrons. The second-order valence-electron chi connectivity index (χ2n) is 3.88. The smallest absolute Gasteiger partial charge is 0.272 e. The van der Waals surface area contributed by atoms with Gasteiger partial charge in [-0.1, -0.05) is 6.08 Å². The van der Waals surface area contributed by atoms with Gasteiger partial charge >= 0.3 is 0 Å². The van der Waals surface area contributed by atoms with Crippen LogP contribution >= 0.6 is 0 Å². The van der Waals surface area contributed by atoms with Crippen LogP contribution in [0.2, 0.25) is 0 Å². The molecule has 2 heterocycles. The minimum atomic E-state index is 0.579. The van der Waals surface area contributed by atoms with Crippen LogP contribution < -0.4 is 0 Å². The first-order valence-corrected chi connectivity index (χ1v) is 5.41. The Bertz CT molecular complexity index is 508. The van der Waals surface area contributed by atoms with Crippen molar-refractivity contribution in [1.29, 1.82) is 0 Å². The van der Waals surface area contributed by atoms with E-state index >= 15 is 0 Å². The Morgan fingerprint density at radius 3 is 2.59 bits per heavy atom. The van der Waals surface area contributed by atoms with Gasteiger partial charge in [-0.15, -0.1) is 0 Å². The van der Waals surface area contributed by atoms with Crippen molar-refractivity contribution in [3.8, 4) is 0 Å². The van der Waals surface area contributed by atoms with Crippen molar-refractivity contribution in [3.05, 3.63) is 64.2 Å². The quantitative estimate of drug-likeness (QED) is 0.650. The molecular formula is C13H15N2O2+. The highest BCUT2D eigenvalue weighted by molar-refractivity contribution is 5.37. The molecule has 0 fully saturated rings. The summed E-state index contributed by atoms with van der Waals surface area (Å²) < 4.78 is 0.907. The van der Waals surface area contributed by atoms with Gasteiger partial charge in [-0.3, -0.25) is 4.84 Å². The van der Waals surface area contributed by atoms with Crippen LogP contribution in [0.15, 0.2) is 59.2 Å². The van der Waals surface area contributed by atoms with Crippen LogP contribution in [-0.4, -0.2) is 16.9 Å². The lowest BCUT2D eigenvalue weighted by Gasteiger charge is -2.24. The Labute approximate surface area is 100 Å². The van der Waals surface area contributed by atoms with Gasteiger partial charge in [0.05, 0.1) is 11.9 Å². The fourth-order valence-corrected chi connectivity index (χ4v) is 1.83. The van der Waals surface area contributed by atoms with E-state index in [1.807, 2.05) is 31.2 Å². The molecule has 0 aromatic carbocycles. The maximum absolute atomic E-state index is 12.0. The summed E-state index contributed by atoms with van der Waals surface area (Å²) in [6.07, 6.45) is 11.1. The number of allylic oxidation sites excluding steroid dienone is 8. The standard InChI is InChI=1S/C13H15N2O2/c1-10-6-4-8-12(14(10)16)13-9-5-7-11(2)15(13)17-3/h4-9H,1-3H3/q+1. The van der Waals surface area contributed by atoms with Crippen molar-refractivity contribution in [1.82, 2.24) is 5.06 Å². The van der Waals surface area contributed by atoms with E-state index < -0.39 is 0 Å². The molecule has 0 bridgehead atoms. The van der Waals surface area contributed by atoms with Crippen LogP contribution in [0.5, 0.6) is 0 Å². The van der Waals surface area contributed by atoms with E-state index in [0.29, 0.717) is 11.4 Å². The SMILES string of the molecule is CON1C(C)=CC=CC1=C1C=CC=C(C)[N+]1=O. The summed E-state index contributed by atoms with van der Waals surface area (Å²) in [5, 5.41) is 1.64. The minimum absolute atomic E-state index is 0.579. The number of hydroxylamine groups is 2. The molecule has 2 aliphatic rings. The van der Waals surface area contributed by atoms with Gasteiger partial charge in [-0.25, -0.2) is 5.06 Å². The summed E-state index contributed by atoms with van der Waals surface area (Å²) in [4.78, 5) is 17.3. The molecule has 0 amide bonds. The maximum Gasteiger partial charge on any atom is 0.288 e. The number of hydrogen-bond acceptors (Lipinski definition) is 3. The number of rotatable bonds is 1. The van der Waals surface area contributed by atoms with Gasteiger partial charge in [0.1, 0.15) is 5.70 Å². The molecule has 4 nitrogen and oxygen atoms in total. The predicted molar refractivity (Wildman–Crippen MR) is 65.3 cm³/mol. The van der Waals surface area contributed by atoms with E-state index in [-0.39, 0.29) is 0 Å². The topological polar surface area (TPSA) is 32.5 Å². The van der Waals surface area contributed by atoms with Crippen LogP contribution in [0.25, 0.3) is 0 Å². The van der Waals surface area contributed by atoms with Crippen LogP contribution in [0.4, 0.5) is 0 Å². The van der Waals surface area contributed by atoms with Gasteiger partial charge in [0.2, 0.25) is 5.70 Å².